The summed E-state index contributed by atoms with van der Waals surface area (Å²) >= 11 is 0. The average Bonchev–Trinajstić information content (AvgIpc) is 3.16. The lowest BCUT2D eigenvalue weighted by Gasteiger charge is -2.30. The third-order valence-electron chi connectivity index (χ3n) is 5.89. The van der Waals surface area contributed by atoms with Crippen molar-refractivity contribution < 1.29 is 4.21 Å². The van der Waals surface area contributed by atoms with E-state index >= 15 is 0 Å². The number of nitrogens with zero attached hydrogens (tertiary/aromatic N) is 1. The SMILES string of the molecule is CCNC(=NCCc1c[nH]c2c(CC)cccc12)NC1CCCC(S(=O)CC)C1.I. The molecule has 168 valence electrons. The number of halogens is 1. The van der Waals surface area contributed by atoms with E-state index in [1.807, 2.05) is 6.92 Å². The van der Waals surface area contributed by atoms with Gasteiger partial charge in [-0.05, 0) is 50.2 Å². The normalized spacial score (nSPS) is 20.6. The van der Waals surface area contributed by atoms with Crippen LogP contribution in [-0.2, 0) is 23.6 Å². The number of fused-ring (bicyclic) bond motifs is 1. The molecule has 0 bridgehead atoms. The number of aromatic nitrogens is 1. The molecule has 0 amide bonds. The molecule has 2 aromatic rings. The van der Waals surface area contributed by atoms with E-state index in [1.165, 1.54) is 22.0 Å². The molecule has 7 heteroatoms. The Morgan fingerprint density at radius 2 is 2.07 bits per heavy atom. The van der Waals surface area contributed by atoms with E-state index in [9.17, 15) is 4.21 Å². The Hall–Kier alpha value is -1.09. The lowest BCUT2D eigenvalue weighted by atomic mass is 9.95. The van der Waals surface area contributed by atoms with Gasteiger partial charge in [-0.2, -0.15) is 0 Å². The standard InChI is InChI=1S/C23H36N4OS.HI/c1-4-17-9-7-12-21-18(16-26-22(17)21)13-14-25-23(24-5-2)27-19-10-8-11-20(15-19)29(28)6-3;/h7,9,12,16,19-20,26H,4-6,8,10-11,13-15H2,1-3H3,(H2,24,25,27);1H. The van der Waals surface area contributed by atoms with Crippen molar-refractivity contribution in [2.75, 3.05) is 18.8 Å². The Kier molecular flexibility index (Phi) is 10.6. The van der Waals surface area contributed by atoms with Crippen LogP contribution in [0.2, 0.25) is 0 Å². The highest BCUT2D eigenvalue weighted by Crippen LogP contribution is 2.24. The van der Waals surface area contributed by atoms with Crippen LogP contribution in [0, 0.1) is 0 Å². The number of aromatic amines is 1. The van der Waals surface area contributed by atoms with Gasteiger partial charge < -0.3 is 15.6 Å². The molecule has 3 atom stereocenters. The Balaban J connectivity index is 0.00000320. The summed E-state index contributed by atoms with van der Waals surface area (Å²) in [6.45, 7) is 7.90. The van der Waals surface area contributed by atoms with Crippen LogP contribution in [0.4, 0.5) is 0 Å². The minimum absolute atomic E-state index is 0. The molecule has 3 rings (SSSR count). The van der Waals surface area contributed by atoms with Gasteiger partial charge in [0.1, 0.15) is 0 Å². The first-order chi connectivity index (χ1) is 14.2. The van der Waals surface area contributed by atoms with Crippen molar-refractivity contribution in [1.29, 1.82) is 0 Å². The molecule has 0 saturated heterocycles. The smallest absolute Gasteiger partial charge is 0.191 e. The monoisotopic (exact) mass is 544 g/mol. The molecule has 1 aliphatic carbocycles. The average molecular weight is 545 g/mol. The molecule has 5 nitrogen and oxygen atoms in total. The van der Waals surface area contributed by atoms with E-state index in [0.29, 0.717) is 11.3 Å². The Morgan fingerprint density at radius 3 is 2.80 bits per heavy atom. The molecule has 30 heavy (non-hydrogen) atoms. The van der Waals surface area contributed by atoms with E-state index in [4.69, 9.17) is 4.99 Å². The van der Waals surface area contributed by atoms with Crippen LogP contribution in [0.15, 0.2) is 29.4 Å². The molecule has 3 unspecified atom stereocenters. The van der Waals surface area contributed by atoms with E-state index in [1.54, 1.807) is 0 Å². The minimum atomic E-state index is -0.699. The van der Waals surface area contributed by atoms with Gasteiger partial charge in [-0.15, -0.1) is 24.0 Å². The molecule has 1 fully saturated rings. The van der Waals surface area contributed by atoms with Gasteiger partial charge in [0.2, 0.25) is 0 Å². The van der Waals surface area contributed by atoms with Gasteiger partial charge in [-0.25, -0.2) is 0 Å². The largest absolute Gasteiger partial charge is 0.361 e. The van der Waals surface area contributed by atoms with Crippen molar-refractivity contribution in [2.45, 2.75) is 70.6 Å². The van der Waals surface area contributed by atoms with Crippen LogP contribution in [0.25, 0.3) is 10.9 Å². The summed E-state index contributed by atoms with van der Waals surface area (Å²) in [5, 5.41) is 8.62. The molecule has 0 aliphatic heterocycles. The van der Waals surface area contributed by atoms with Crippen molar-refractivity contribution in [2.24, 2.45) is 4.99 Å². The summed E-state index contributed by atoms with van der Waals surface area (Å²) in [4.78, 5) is 8.28. The number of para-hydroxylation sites is 1. The van der Waals surface area contributed by atoms with Crippen molar-refractivity contribution in [3.63, 3.8) is 0 Å². The van der Waals surface area contributed by atoms with Gasteiger partial charge in [0.05, 0.1) is 0 Å². The highest BCUT2D eigenvalue weighted by atomic mass is 127. The van der Waals surface area contributed by atoms with E-state index in [-0.39, 0.29) is 24.0 Å². The van der Waals surface area contributed by atoms with Gasteiger partial charge in [0, 0.05) is 58.0 Å². The van der Waals surface area contributed by atoms with Crippen LogP contribution in [0.3, 0.4) is 0 Å². The van der Waals surface area contributed by atoms with Crippen LogP contribution < -0.4 is 10.6 Å². The fourth-order valence-electron chi connectivity index (χ4n) is 4.33. The fraction of sp³-hybridized carbons (Fsp3) is 0.609. The number of benzene rings is 1. The lowest BCUT2D eigenvalue weighted by Crippen LogP contribution is -2.46. The van der Waals surface area contributed by atoms with Gasteiger partial charge in [-0.1, -0.05) is 38.5 Å². The maximum absolute atomic E-state index is 12.2. The second-order valence-electron chi connectivity index (χ2n) is 7.82. The van der Waals surface area contributed by atoms with E-state index < -0.39 is 10.8 Å². The fourth-order valence-corrected chi connectivity index (χ4v) is 5.68. The molecule has 0 spiro atoms. The van der Waals surface area contributed by atoms with Gasteiger partial charge in [0.15, 0.2) is 5.96 Å². The van der Waals surface area contributed by atoms with Crippen LogP contribution in [0.1, 0.15) is 57.6 Å². The first kappa shape index (κ1) is 25.2. The maximum atomic E-state index is 12.2. The number of aliphatic imine (C=N–C) groups is 1. The number of hydrogen-bond acceptors (Lipinski definition) is 2. The molecule has 3 N–H and O–H groups in total. The van der Waals surface area contributed by atoms with Gasteiger partial charge in [0.25, 0.3) is 0 Å². The Morgan fingerprint density at radius 1 is 1.23 bits per heavy atom. The summed E-state index contributed by atoms with van der Waals surface area (Å²) in [6, 6.07) is 6.90. The summed E-state index contributed by atoms with van der Waals surface area (Å²) in [7, 11) is -0.699. The third kappa shape index (κ3) is 6.45. The van der Waals surface area contributed by atoms with Crippen molar-refractivity contribution in [1.82, 2.24) is 15.6 Å². The zero-order valence-corrected chi connectivity index (χ0v) is 21.6. The molecule has 1 aromatic carbocycles. The maximum Gasteiger partial charge on any atom is 0.191 e. The summed E-state index contributed by atoms with van der Waals surface area (Å²) in [5.74, 6) is 1.64. The molecule has 1 saturated carbocycles. The molecule has 1 heterocycles. The summed E-state index contributed by atoms with van der Waals surface area (Å²) < 4.78 is 12.2. The molecular weight excluding hydrogens is 507 g/mol. The predicted octanol–water partition coefficient (Wildman–Crippen LogP) is 4.53. The predicted molar refractivity (Wildman–Crippen MR) is 141 cm³/mol. The Bertz CT molecular complexity index is 851. The number of hydrogen-bond donors (Lipinski definition) is 3. The van der Waals surface area contributed by atoms with Crippen molar-refractivity contribution >= 4 is 51.6 Å². The van der Waals surface area contributed by atoms with Crippen LogP contribution in [0.5, 0.6) is 0 Å². The molecule has 0 radical (unpaired) electrons. The highest BCUT2D eigenvalue weighted by molar-refractivity contribution is 14.0. The summed E-state index contributed by atoms with van der Waals surface area (Å²) in [6.07, 6.45) is 8.42. The third-order valence-corrected chi connectivity index (χ3v) is 7.63. The quantitative estimate of drug-likeness (QED) is 0.260. The highest BCUT2D eigenvalue weighted by Gasteiger charge is 2.26. The number of guanidine groups is 1. The van der Waals surface area contributed by atoms with Crippen LogP contribution in [-0.4, -0.2) is 45.3 Å². The molecule has 1 aromatic heterocycles. The second-order valence-corrected chi connectivity index (χ2v) is 9.82. The van der Waals surface area contributed by atoms with Crippen LogP contribution >= 0.6 is 24.0 Å². The first-order valence-electron chi connectivity index (χ1n) is 11.2. The number of aryl methyl sites for hydroxylation is 1. The Labute approximate surface area is 200 Å². The van der Waals surface area contributed by atoms with Crippen molar-refractivity contribution in [3.05, 3.63) is 35.5 Å². The van der Waals surface area contributed by atoms with Crippen molar-refractivity contribution in [3.8, 4) is 0 Å². The molecular formula is C23H37IN4OS. The summed E-state index contributed by atoms with van der Waals surface area (Å²) in [5.41, 5.74) is 3.95. The zero-order chi connectivity index (χ0) is 20.6. The number of rotatable bonds is 8. The van der Waals surface area contributed by atoms with Gasteiger partial charge in [-0.3, -0.25) is 9.20 Å². The van der Waals surface area contributed by atoms with E-state index in [0.717, 1.165) is 63.3 Å². The number of H-pyrrole nitrogens is 1. The van der Waals surface area contributed by atoms with E-state index in [2.05, 4.69) is 53.9 Å². The topological polar surface area (TPSA) is 69.3 Å². The minimum Gasteiger partial charge on any atom is -0.361 e. The number of nitrogens with one attached hydrogen (secondary N) is 3. The first-order valence-corrected chi connectivity index (χ1v) is 12.5. The molecule has 1 aliphatic rings. The zero-order valence-electron chi connectivity index (χ0n) is 18.5. The second kappa shape index (κ2) is 12.7. The van der Waals surface area contributed by atoms with Gasteiger partial charge >= 0.3 is 0 Å². The lowest BCUT2D eigenvalue weighted by molar-refractivity contribution is 0.413.